The normalized spacial score (nSPS) is 14.5. The second-order valence-corrected chi connectivity index (χ2v) is 8.19. The summed E-state index contributed by atoms with van der Waals surface area (Å²) in [5, 5.41) is 8.43. The second kappa shape index (κ2) is 7.01. The van der Waals surface area contributed by atoms with E-state index in [-0.39, 0.29) is 12.2 Å². The van der Waals surface area contributed by atoms with Gasteiger partial charge in [-0.3, -0.25) is 9.36 Å². The van der Waals surface area contributed by atoms with Crippen LogP contribution in [0.5, 0.6) is 5.75 Å². The van der Waals surface area contributed by atoms with E-state index in [1.165, 1.54) is 25.0 Å². The van der Waals surface area contributed by atoms with Crippen LogP contribution in [-0.4, -0.2) is 30.2 Å². The quantitative estimate of drug-likeness (QED) is 0.523. The summed E-state index contributed by atoms with van der Waals surface area (Å²) in [5.41, 5.74) is 8.27. The number of carbonyl (C=O) groups excluding carboxylic acids is 1. The van der Waals surface area contributed by atoms with Crippen LogP contribution in [-0.2, 0) is 13.2 Å². The number of fused-ring (bicyclic) bond motifs is 3. The Hall–Kier alpha value is -4.01. The minimum absolute atomic E-state index is 0.193. The van der Waals surface area contributed by atoms with E-state index >= 15 is 0 Å². The van der Waals surface area contributed by atoms with Gasteiger partial charge in [0.05, 0.1) is 23.1 Å². The molecule has 0 unspecified atom stereocenters. The van der Waals surface area contributed by atoms with Crippen LogP contribution in [0.2, 0.25) is 0 Å². The number of ether oxygens (including phenoxy) is 1. The molecule has 6 rings (SSSR count). The Labute approximate surface area is 182 Å². The fourth-order valence-corrected chi connectivity index (χ4v) is 4.12. The third-order valence-corrected chi connectivity index (χ3v) is 5.91. The van der Waals surface area contributed by atoms with Gasteiger partial charge in [-0.2, -0.15) is 0 Å². The van der Waals surface area contributed by atoms with Gasteiger partial charge >= 0.3 is 0 Å². The highest BCUT2D eigenvalue weighted by molar-refractivity contribution is 5.94. The van der Waals surface area contributed by atoms with Crippen LogP contribution in [0.15, 0.2) is 48.9 Å². The molecule has 1 saturated carbocycles. The van der Waals surface area contributed by atoms with Crippen molar-refractivity contribution in [2.24, 2.45) is 11.7 Å². The number of nitrogens with zero attached hydrogens (tertiary/aromatic N) is 5. The lowest BCUT2D eigenvalue weighted by molar-refractivity contribution is 0.0996. The lowest BCUT2D eigenvalue weighted by atomic mass is 10.1. The Bertz CT molecular complexity index is 1370. The summed E-state index contributed by atoms with van der Waals surface area (Å²) in [6.07, 6.45) is 5.97. The molecule has 160 valence electrons. The molecule has 2 aromatic heterocycles. The summed E-state index contributed by atoms with van der Waals surface area (Å²) >= 11 is 0. The Morgan fingerprint density at radius 1 is 1.19 bits per heavy atom. The maximum atomic E-state index is 14.3. The number of benzene rings is 2. The summed E-state index contributed by atoms with van der Waals surface area (Å²) in [6, 6.07) is 10.5. The Balaban J connectivity index is 1.45. The van der Waals surface area contributed by atoms with Crippen LogP contribution in [0.1, 0.15) is 28.9 Å². The molecule has 0 radical (unpaired) electrons. The second-order valence-electron chi connectivity index (χ2n) is 8.19. The minimum Gasteiger partial charge on any atom is -0.485 e. The topological polar surface area (TPSA) is 101 Å². The van der Waals surface area contributed by atoms with E-state index in [9.17, 15) is 9.18 Å². The first-order valence-corrected chi connectivity index (χ1v) is 10.4. The first-order valence-electron chi connectivity index (χ1n) is 10.4. The van der Waals surface area contributed by atoms with E-state index in [1.54, 1.807) is 12.5 Å². The molecule has 3 heterocycles. The standard InChI is InChI=1S/C23H19FN6O2/c24-18-8-20-19(7-17(18)21(25)31)30-16(11-32-20)9-26-22(30)14-2-1-3-15(6-14)23-28-27-12-29(23)10-13-4-5-13/h1-3,6-9,12-13H,4-5,10-11H2,(H2,25,31). The summed E-state index contributed by atoms with van der Waals surface area (Å²) in [4.78, 5) is 16.3. The number of hydrogen-bond donors (Lipinski definition) is 1. The number of rotatable bonds is 5. The third-order valence-electron chi connectivity index (χ3n) is 5.91. The van der Waals surface area contributed by atoms with Crippen LogP contribution in [0.3, 0.4) is 0 Å². The first kappa shape index (κ1) is 18.7. The number of imidazole rings is 1. The van der Waals surface area contributed by atoms with E-state index < -0.39 is 11.7 Å². The van der Waals surface area contributed by atoms with Gasteiger partial charge in [-0.1, -0.05) is 18.2 Å². The van der Waals surface area contributed by atoms with Gasteiger partial charge in [-0.15, -0.1) is 10.2 Å². The molecule has 2 aliphatic rings. The first-order chi connectivity index (χ1) is 15.6. The average Bonchev–Trinajstić information content (AvgIpc) is 3.30. The van der Waals surface area contributed by atoms with Gasteiger partial charge in [0.2, 0.25) is 0 Å². The Kier molecular flexibility index (Phi) is 4.11. The predicted octanol–water partition coefficient (Wildman–Crippen LogP) is 3.34. The molecule has 1 amide bonds. The molecule has 32 heavy (non-hydrogen) atoms. The molecule has 0 atom stereocenters. The maximum absolute atomic E-state index is 14.3. The molecule has 9 heteroatoms. The van der Waals surface area contributed by atoms with E-state index in [0.29, 0.717) is 23.2 Å². The number of primary amides is 1. The molecule has 0 spiro atoms. The highest BCUT2D eigenvalue weighted by Gasteiger charge is 2.26. The van der Waals surface area contributed by atoms with Gasteiger partial charge in [-0.05, 0) is 30.9 Å². The number of hydrogen-bond acceptors (Lipinski definition) is 5. The molecule has 2 N–H and O–H groups in total. The molecule has 4 aromatic rings. The van der Waals surface area contributed by atoms with Gasteiger partial charge in [-0.25, -0.2) is 9.37 Å². The maximum Gasteiger partial charge on any atom is 0.251 e. The monoisotopic (exact) mass is 430 g/mol. The molecule has 0 bridgehead atoms. The molecular formula is C23H19FN6O2. The van der Waals surface area contributed by atoms with Crippen molar-refractivity contribution in [1.29, 1.82) is 0 Å². The SMILES string of the molecule is NC(=O)c1cc2c(cc1F)OCc1cnc(-c3cccc(-c4nncn4CC4CC4)c3)n1-2. The number of carbonyl (C=O) groups is 1. The third kappa shape index (κ3) is 3.05. The highest BCUT2D eigenvalue weighted by atomic mass is 19.1. The van der Waals surface area contributed by atoms with Crippen molar-refractivity contribution in [2.45, 2.75) is 26.0 Å². The zero-order valence-corrected chi connectivity index (χ0v) is 17.0. The van der Waals surface area contributed by atoms with Crippen molar-refractivity contribution in [1.82, 2.24) is 24.3 Å². The van der Waals surface area contributed by atoms with Crippen molar-refractivity contribution < 1.29 is 13.9 Å². The molecule has 1 fully saturated rings. The van der Waals surface area contributed by atoms with Gasteiger partial charge in [0.1, 0.15) is 30.3 Å². The van der Waals surface area contributed by atoms with Crippen molar-refractivity contribution in [3.8, 4) is 34.2 Å². The lowest BCUT2D eigenvalue weighted by Gasteiger charge is -2.22. The number of nitrogens with two attached hydrogens (primary N) is 1. The minimum atomic E-state index is -0.837. The van der Waals surface area contributed by atoms with Crippen LogP contribution in [0.4, 0.5) is 4.39 Å². The van der Waals surface area contributed by atoms with Gasteiger partial charge < -0.3 is 15.0 Å². The number of halogens is 1. The number of aromatic nitrogens is 5. The molecule has 1 aliphatic carbocycles. The van der Waals surface area contributed by atoms with Gasteiger partial charge in [0.15, 0.2) is 5.82 Å². The van der Waals surface area contributed by atoms with Crippen molar-refractivity contribution in [3.05, 3.63) is 66.0 Å². The molecule has 8 nitrogen and oxygen atoms in total. The Morgan fingerprint density at radius 3 is 2.78 bits per heavy atom. The van der Waals surface area contributed by atoms with Crippen LogP contribution < -0.4 is 10.5 Å². The smallest absolute Gasteiger partial charge is 0.251 e. The van der Waals surface area contributed by atoms with Crippen LogP contribution in [0.25, 0.3) is 28.5 Å². The lowest BCUT2D eigenvalue weighted by Crippen LogP contribution is -2.18. The van der Waals surface area contributed by atoms with E-state index in [4.69, 9.17) is 10.5 Å². The van der Waals surface area contributed by atoms with Gasteiger partial charge in [0, 0.05) is 23.7 Å². The van der Waals surface area contributed by atoms with Crippen LogP contribution in [0, 0.1) is 11.7 Å². The largest absolute Gasteiger partial charge is 0.485 e. The number of amides is 1. The highest BCUT2D eigenvalue weighted by Crippen LogP contribution is 2.37. The summed E-state index contributed by atoms with van der Waals surface area (Å²) in [7, 11) is 0. The van der Waals surface area contributed by atoms with E-state index in [1.807, 2.05) is 28.8 Å². The van der Waals surface area contributed by atoms with Crippen molar-refractivity contribution in [3.63, 3.8) is 0 Å². The fraction of sp³-hybridized carbons (Fsp3) is 0.217. The van der Waals surface area contributed by atoms with E-state index in [2.05, 4.69) is 19.7 Å². The summed E-state index contributed by atoms with van der Waals surface area (Å²) in [6.45, 7) is 1.16. The summed E-state index contributed by atoms with van der Waals surface area (Å²) < 4.78 is 23.9. The van der Waals surface area contributed by atoms with Crippen LogP contribution >= 0.6 is 0 Å². The molecule has 1 aliphatic heterocycles. The molecule has 0 saturated heterocycles. The molecular weight excluding hydrogens is 411 g/mol. The zero-order valence-electron chi connectivity index (χ0n) is 17.0. The van der Waals surface area contributed by atoms with Crippen molar-refractivity contribution in [2.75, 3.05) is 0 Å². The van der Waals surface area contributed by atoms with E-state index in [0.717, 1.165) is 29.2 Å². The fourth-order valence-electron chi connectivity index (χ4n) is 4.12. The predicted molar refractivity (Wildman–Crippen MR) is 114 cm³/mol. The Morgan fingerprint density at radius 2 is 2.00 bits per heavy atom. The zero-order chi connectivity index (χ0) is 21.8. The molecule has 2 aromatic carbocycles. The summed E-state index contributed by atoms with van der Waals surface area (Å²) in [5.74, 6) is 0.949. The van der Waals surface area contributed by atoms with Gasteiger partial charge in [0.25, 0.3) is 5.91 Å². The average molecular weight is 430 g/mol. The van der Waals surface area contributed by atoms with Crippen molar-refractivity contribution >= 4 is 5.91 Å².